The fraction of sp³-hybridized carbons (Fsp3) is 0.500. The highest BCUT2D eigenvalue weighted by Gasteiger charge is 2.38. The number of carbonyl (C=O) groups is 1. The molecule has 1 saturated heterocycles. The molecule has 1 atom stereocenters. The van der Waals surface area contributed by atoms with E-state index in [9.17, 15) is 14.7 Å². The van der Waals surface area contributed by atoms with Crippen molar-refractivity contribution in [1.29, 1.82) is 0 Å². The number of rotatable bonds is 3. The fourth-order valence-electron chi connectivity index (χ4n) is 3.19. The van der Waals surface area contributed by atoms with Crippen LogP contribution in [0.3, 0.4) is 0 Å². The van der Waals surface area contributed by atoms with E-state index in [4.69, 9.17) is 4.42 Å². The Balaban J connectivity index is 1.84. The Bertz CT molecular complexity index is 807. The molecule has 0 aliphatic carbocycles. The predicted octanol–water partition coefficient (Wildman–Crippen LogP) is 0.270. The molecule has 0 saturated carbocycles. The smallest absolute Gasteiger partial charge is 0.408 e. The van der Waals surface area contributed by atoms with Crippen LogP contribution in [0.1, 0.15) is 16.8 Å². The highest BCUT2D eigenvalue weighted by Crippen LogP contribution is 2.24. The first kappa shape index (κ1) is 15.8. The van der Waals surface area contributed by atoms with Crippen LogP contribution in [0.4, 0.5) is 0 Å². The number of β-amino-alcohol motifs (C(OH)–C–C–N with tert-alkyl or cyclic N) is 1. The number of hydrogen-bond acceptors (Lipinski definition) is 5. The van der Waals surface area contributed by atoms with Crippen molar-refractivity contribution in [3.63, 3.8) is 0 Å². The van der Waals surface area contributed by atoms with E-state index in [1.54, 1.807) is 30.1 Å². The minimum absolute atomic E-state index is 0.143. The number of fused-ring (bicyclic) bond motifs is 1. The molecule has 3 rings (SSSR count). The van der Waals surface area contributed by atoms with Crippen LogP contribution in [0.25, 0.3) is 11.1 Å². The molecule has 1 aliphatic heterocycles. The molecular weight excluding hydrogens is 298 g/mol. The molecule has 7 heteroatoms. The summed E-state index contributed by atoms with van der Waals surface area (Å²) in [5.74, 6) is -0.596. The van der Waals surface area contributed by atoms with Crippen LogP contribution >= 0.6 is 0 Å². The molecule has 124 valence electrons. The second kappa shape index (κ2) is 5.50. The summed E-state index contributed by atoms with van der Waals surface area (Å²) < 4.78 is 6.45. The quantitative estimate of drug-likeness (QED) is 0.878. The number of hydrogen-bond donors (Lipinski definition) is 1. The standard InChI is InChI=1S/C16H21N3O4/c1-17(2)9-16(22)6-7-19(10-16)14(20)11-4-5-13-12(8-11)18(3)15(21)23-13/h4-5,8,22H,6-7,9-10H2,1-3H3/t16-/m0/s1. The Morgan fingerprint density at radius 1 is 1.43 bits per heavy atom. The van der Waals surface area contributed by atoms with Crippen LogP contribution in [0.5, 0.6) is 0 Å². The van der Waals surface area contributed by atoms with Gasteiger partial charge in [0.2, 0.25) is 0 Å². The lowest BCUT2D eigenvalue weighted by Crippen LogP contribution is -2.43. The zero-order valence-electron chi connectivity index (χ0n) is 13.6. The lowest BCUT2D eigenvalue weighted by molar-refractivity contribution is 0.0236. The Kier molecular flexibility index (Phi) is 3.77. The largest absolute Gasteiger partial charge is 0.419 e. The fourth-order valence-corrected chi connectivity index (χ4v) is 3.19. The van der Waals surface area contributed by atoms with Gasteiger partial charge >= 0.3 is 5.76 Å². The first-order chi connectivity index (χ1) is 10.8. The Morgan fingerprint density at radius 2 is 2.17 bits per heavy atom. The van der Waals surface area contributed by atoms with E-state index < -0.39 is 11.4 Å². The summed E-state index contributed by atoms with van der Waals surface area (Å²) in [7, 11) is 5.40. The van der Waals surface area contributed by atoms with Crippen molar-refractivity contribution in [2.75, 3.05) is 33.7 Å². The monoisotopic (exact) mass is 319 g/mol. The topological polar surface area (TPSA) is 78.9 Å². The molecule has 0 spiro atoms. The van der Waals surface area contributed by atoms with E-state index in [0.29, 0.717) is 42.7 Å². The number of aromatic nitrogens is 1. The van der Waals surface area contributed by atoms with Gasteiger partial charge in [0.05, 0.1) is 17.7 Å². The molecule has 0 radical (unpaired) electrons. The van der Waals surface area contributed by atoms with Crippen molar-refractivity contribution in [2.24, 2.45) is 7.05 Å². The number of nitrogens with zero attached hydrogens (tertiary/aromatic N) is 3. The Morgan fingerprint density at radius 3 is 2.87 bits per heavy atom. The highest BCUT2D eigenvalue weighted by atomic mass is 16.4. The van der Waals surface area contributed by atoms with Gasteiger partial charge in [0.25, 0.3) is 5.91 Å². The normalized spacial score (nSPS) is 21.5. The third kappa shape index (κ3) is 2.89. The lowest BCUT2D eigenvalue weighted by atomic mass is 10.0. The van der Waals surface area contributed by atoms with Gasteiger partial charge in [0, 0.05) is 25.7 Å². The second-order valence-electron chi connectivity index (χ2n) is 6.55. The summed E-state index contributed by atoms with van der Waals surface area (Å²) in [6.45, 7) is 1.35. The van der Waals surface area contributed by atoms with Crippen molar-refractivity contribution >= 4 is 17.0 Å². The minimum Gasteiger partial charge on any atom is -0.408 e. The number of oxazole rings is 1. The van der Waals surface area contributed by atoms with E-state index in [0.717, 1.165) is 0 Å². The van der Waals surface area contributed by atoms with Crippen LogP contribution in [0, 0.1) is 0 Å². The number of likely N-dealkylation sites (tertiary alicyclic amines) is 1. The first-order valence-corrected chi connectivity index (χ1v) is 7.55. The molecule has 1 aromatic carbocycles. The maximum absolute atomic E-state index is 12.7. The van der Waals surface area contributed by atoms with Crippen LogP contribution in [-0.2, 0) is 7.05 Å². The molecule has 1 aromatic heterocycles. The Hall–Kier alpha value is -2.12. The van der Waals surface area contributed by atoms with Gasteiger partial charge in [0.1, 0.15) is 0 Å². The van der Waals surface area contributed by atoms with E-state index >= 15 is 0 Å². The van der Waals surface area contributed by atoms with Crippen LogP contribution < -0.4 is 5.76 Å². The van der Waals surface area contributed by atoms with E-state index in [-0.39, 0.29) is 5.91 Å². The molecule has 23 heavy (non-hydrogen) atoms. The molecular formula is C16H21N3O4. The number of carbonyl (C=O) groups excluding carboxylic acids is 1. The van der Waals surface area contributed by atoms with Crippen molar-refractivity contribution in [2.45, 2.75) is 12.0 Å². The summed E-state index contributed by atoms with van der Waals surface area (Å²) in [6.07, 6.45) is 0.559. The van der Waals surface area contributed by atoms with Gasteiger partial charge in [-0.1, -0.05) is 0 Å². The number of benzene rings is 1. The summed E-state index contributed by atoms with van der Waals surface area (Å²) in [4.78, 5) is 27.8. The average Bonchev–Trinajstić information content (AvgIpc) is 2.99. The zero-order chi connectivity index (χ0) is 16.8. The predicted molar refractivity (Wildman–Crippen MR) is 85.5 cm³/mol. The van der Waals surface area contributed by atoms with E-state index in [1.807, 2.05) is 19.0 Å². The molecule has 1 fully saturated rings. The highest BCUT2D eigenvalue weighted by molar-refractivity contribution is 5.97. The summed E-state index contributed by atoms with van der Waals surface area (Å²) in [6, 6.07) is 4.94. The average molecular weight is 319 g/mol. The summed E-state index contributed by atoms with van der Waals surface area (Å²) >= 11 is 0. The van der Waals surface area contributed by atoms with E-state index in [1.165, 1.54) is 4.57 Å². The third-order valence-electron chi connectivity index (χ3n) is 4.27. The van der Waals surface area contributed by atoms with Crippen LogP contribution in [-0.4, -0.2) is 64.7 Å². The van der Waals surface area contributed by atoms with Crippen molar-refractivity contribution in [1.82, 2.24) is 14.4 Å². The second-order valence-corrected chi connectivity index (χ2v) is 6.55. The minimum atomic E-state index is -0.869. The third-order valence-corrected chi connectivity index (χ3v) is 4.27. The molecule has 1 N–H and O–H groups in total. The Labute approximate surface area is 133 Å². The van der Waals surface area contributed by atoms with Crippen molar-refractivity contribution < 1.29 is 14.3 Å². The number of aliphatic hydroxyl groups is 1. The number of likely N-dealkylation sites (N-methyl/N-ethyl adjacent to an activating group) is 1. The van der Waals surface area contributed by atoms with Crippen molar-refractivity contribution in [3.05, 3.63) is 34.3 Å². The van der Waals surface area contributed by atoms with Gasteiger partial charge in [-0.2, -0.15) is 0 Å². The van der Waals surface area contributed by atoms with Gasteiger partial charge in [-0.15, -0.1) is 0 Å². The summed E-state index contributed by atoms with van der Waals surface area (Å²) in [5.41, 5.74) is 0.664. The van der Waals surface area contributed by atoms with Crippen LogP contribution in [0.15, 0.2) is 27.4 Å². The molecule has 1 amide bonds. The molecule has 7 nitrogen and oxygen atoms in total. The van der Waals surface area contributed by atoms with Gasteiger partial charge in [0.15, 0.2) is 5.58 Å². The van der Waals surface area contributed by atoms with Gasteiger partial charge in [-0.3, -0.25) is 9.36 Å². The molecule has 1 aliphatic rings. The number of aryl methyl sites for hydroxylation is 1. The lowest BCUT2D eigenvalue weighted by Gasteiger charge is -2.26. The van der Waals surface area contributed by atoms with Gasteiger partial charge in [-0.05, 0) is 38.7 Å². The maximum Gasteiger partial charge on any atom is 0.419 e. The van der Waals surface area contributed by atoms with E-state index in [2.05, 4.69) is 0 Å². The van der Waals surface area contributed by atoms with Gasteiger partial charge < -0.3 is 19.3 Å². The first-order valence-electron chi connectivity index (χ1n) is 7.55. The van der Waals surface area contributed by atoms with Crippen molar-refractivity contribution in [3.8, 4) is 0 Å². The maximum atomic E-state index is 12.7. The molecule has 2 heterocycles. The van der Waals surface area contributed by atoms with Gasteiger partial charge in [-0.25, -0.2) is 4.79 Å². The summed E-state index contributed by atoms with van der Waals surface area (Å²) in [5, 5.41) is 10.6. The number of amides is 1. The molecule has 0 unspecified atom stereocenters. The molecule has 0 bridgehead atoms. The zero-order valence-corrected chi connectivity index (χ0v) is 13.6. The molecule has 2 aromatic rings. The van der Waals surface area contributed by atoms with Crippen LogP contribution in [0.2, 0.25) is 0 Å². The SMILES string of the molecule is CN(C)C[C@@]1(O)CCN(C(=O)c2ccc3oc(=O)n(C)c3c2)C1.